The molecule has 3 aromatic carbocycles. The topological polar surface area (TPSA) is 57.8 Å². The first-order valence-electron chi connectivity index (χ1n) is 9.06. The number of benzene rings is 3. The van der Waals surface area contributed by atoms with Crippen molar-refractivity contribution in [3.8, 4) is 11.4 Å². The number of fused-ring (bicyclic) bond motifs is 2. The highest BCUT2D eigenvalue weighted by molar-refractivity contribution is 7.10. The van der Waals surface area contributed by atoms with Gasteiger partial charge in [-0.15, -0.1) is 23.7 Å². The van der Waals surface area contributed by atoms with Crippen molar-refractivity contribution in [1.29, 1.82) is 0 Å². The standard InChI is InChI=1S/C23H17N3OS.ClH/c27-22(14-19-9-4-10-28-19)24-18-8-3-7-17(11-18)23-25-20-12-15-5-1-2-6-16(15)13-21(20)26-23;/h1-13H,14H2,(H,24,27)(H,25,26);1H. The Bertz CT molecular complexity index is 1240. The van der Waals surface area contributed by atoms with Crippen LogP contribution in [0.5, 0.6) is 0 Å². The van der Waals surface area contributed by atoms with Gasteiger partial charge in [0, 0.05) is 16.1 Å². The van der Waals surface area contributed by atoms with Crippen LogP contribution in [-0.4, -0.2) is 15.9 Å². The Morgan fingerprint density at radius 1 is 0.966 bits per heavy atom. The van der Waals surface area contributed by atoms with E-state index < -0.39 is 0 Å². The SMILES string of the molecule is Cl.O=C(Cc1cccs1)Nc1cccc(-c2nc3cc4ccccc4cc3[nH]2)c1. The van der Waals surface area contributed by atoms with Crippen molar-refractivity contribution in [2.75, 3.05) is 5.32 Å². The summed E-state index contributed by atoms with van der Waals surface area (Å²) in [4.78, 5) is 21.5. The van der Waals surface area contributed by atoms with Crippen LogP contribution < -0.4 is 5.32 Å². The predicted molar refractivity (Wildman–Crippen MR) is 123 cm³/mol. The molecular formula is C23H18ClN3OS. The fraction of sp³-hybridized carbons (Fsp3) is 0.0435. The maximum absolute atomic E-state index is 12.3. The number of amides is 1. The zero-order chi connectivity index (χ0) is 18.9. The number of carbonyl (C=O) groups excluding carboxylic acids is 1. The molecule has 0 aliphatic heterocycles. The van der Waals surface area contributed by atoms with E-state index in [4.69, 9.17) is 4.98 Å². The number of hydrogen-bond donors (Lipinski definition) is 2. The number of imidazole rings is 1. The number of halogens is 1. The molecule has 2 N–H and O–H groups in total. The molecule has 144 valence electrons. The van der Waals surface area contributed by atoms with Crippen molar-refractivity contribution >= 4 is 57.1 Å². The molecule has 5 aromatic rings. The molecule has 6 heteroatoms. The summed E-state index contributed by atoms with van der Waals surface area (Å²) in [6.07, 6.45) is 0.388. The summed E-state index contributed by atoms with van der Waals surface area (Å²) < 4.78 is 0. The zero-order valence-electron chi connectivity index (χ0n) is 15.4. The number of rotatable bonds is 4. The second kappa shape index (κ2) is 8.07. The number of aromatic nitrogens is 2. The average Bonchev–Trinajstić information content (AvgIpc) is 3.35. The molecule has 0 fully saturated rings. The summed E-state index contributed by atoms with van der Waals surface area (Å²) in [5, 5.41) is 7.31. The second-order valence-corrected chi connectivity index (χ2v) is 7.72. The number of carbonyl (C=O) groups is 1. The van der Waals surface area contributed by atoms with Gasteiger partial charge in [-0.1, -0.05) is 42.5 Å². The molecule has 0 spiro atoms. The summed E-state index contributed by atoms with van der Waals surface area (Å²) >= 11 is 1.59. The fourth-order valence-corrected chi connectivity index (χ4v) is 4.06. The van der Waals surface area contributed by atoms with E-state index in [1.165, 1.54) is 10.8 Å². The molecule has 0 aliphatic rings. The largest absolute Gasteiger partial charge is 0.338 e. The summed E-state index contributed by atoms with van der Waals surface area (Å²) in [6.45, 7) is 0. The lowest BCUT2D eigenvalue weighted by atomic mass is 10.1. The van der Waals surface area contributed by atoms with Crippen LogP contribution in [0, 0.1) is 0 Å². The van der Waals surface area contributed by atoms with Gasteiger partial charge in [0.25, 0.3) is 0 Å². The van der Waals surface area contributed by atoms with Crippen LogP contribution in [0.1, 0.15) is 4.88 Å². The van der Waals surface area contributed by atoms with E-state index >= 15 is 0 Å². The Balaban J connectivity index is 0.00000205. The van der Waals surface area contributed by atoms with E-state index in [0.29, 0.717) is 6.42 Å². The van der Waals surface area contributed by atoms with Gasteiger partial charge >= 0.3 is 0 Å². The first kappa shape index (κ1) is 19.2. The van der Waals surface area contributed by atoms with Crippen molar-refractivity contribution in [1.82, 2.24) is 9.97 Å². The van der Waals surface area contributed by atoms with Crippen molar-refractivity contribution < 1.29 is 4.79 Å². The maximum atomic E-state index is 12.3. The Labute approximate surface area is 178 Å². The lowest BCUT2D eigenvalue weighted by Crippen LogP contribution is -2.13. The molecule has 0 aliphatic carbocycles. The summed E-state index contributed by atoms with van der Waals surface area (Å²) in [5.41, 5.74) is 3.64. The number of aromatic amines is 1. The van der Waals surface area contributed by atoms with Crippen LogP contribution in [0.25, 0.3) is 33.2 Å². The molecule has 2 heterocycles. The minimum absolute atomic E-state index is 0. The monoisotopic (exact) mass is 419 g/mol. The van der Waals surface area contributed by atoms with E-state index in [-0.39, 0.29) is 18.3 Å². The Morgan fingerprint density at radius 2 is 1.79 bits per heavy atom. The highest BCUT2D eigenvalue weighted by Gasteiger charge is 2.09. The van der Waals surface area contributed by atoms with Gasteiger partial charge in [0.05, 0.1) is 17.5 Å². The van der Waals surface area contributed by atoms with Gasteiger partial charge in [-0.2, -0.15) is 0 Å². The average molecular weight is 420 g/mol. The van der Waals surface area contributed by atoms with Crippen LogP contribution in [0.4, 0.5) is 5.69 Å². The van der Waals surface area contributed by atoms with E-state index in [2.05, 4.69) is 34.6 Å². The number of H-pyrrole nitrogens is 1. The van der Waals surface area contributed by atoms with E-state index in [1.807, 2.05) is 53.9 Å². The van der Waals surface area contributed by atoms with E-state index in [9.17, 15) is 4.79 Å². The molecule has 5 rings (SSSR count). The number of nitrogens with one attached hydrogen (secondary N) is 2. The molecule has 0 radical (unpaired) electrons. The van der Waals surface area contributed by atoms with Crippen LogP contribution in [0.15, 0.2) is 78.2 Å². The molecule has 2 aromatic heterocycles. The minimum atomic E-state index is -0.0181. The lowest BCUT2D eigenvalue weighted by molar-refractivity contribution is -0.115. The quantitative estimate of drug-likeness (QED) is 0.372. The van der Waals surface area contributed by atoms with Gasteiger partial charge in [0.1, 0.15) is 5.82 Å². The molecule has 0 saturated carbocycles. The molecule has 0 bridgehead atoms. The maximum Gasteiger partial charge on any atom is 0.229 e. The highest BCUT2D eigenvalue weighted by Crippen LogP contribution is 2.26. The number of thiophene rings is 1. The fourth-order valence-electron chi connectivity index (χ4n) is 3.35. The summed E-state index contributed by atoms with van der Waals surface area (Å²) in [5.74, 6) is 0.773. The normalized spacial score (nSPS) is 10.8. The minimum Gasteiger partial charge on any atom is -0.338 e. The number of hydrogen-bond acceptors (Lipinski definition) is 3. The van der Waals surface area contributed by atoms with Crippen molar-refractivity contribution in [3.05, 3.63) is 83.1 Å². The van der Waals surface area contributed by atoms with Crippen LogP contribution in [0.2, 0.25) is 0 Å². The molecule has 0 saturated heterocycles. The molecular weight excluding hydrogens is 402 g/mol. The third kappa shape index (κ3) is 4.01. The van der Waals surface area contributed by atoms with E-state index in [0.717, 1.165) is 33.0 Å². The third-order valence-corrected chi connectivity index (χ3v) is 5.56. The van der Waals surface area contributed by atoms with Gasteiger partial charge < -0.3 is 10.3 Å². The van der Waals surface area contributed by atoms with Gasteiger partial charge in [-0.05, 0) is 46.5 Å². The van der Waals surface area contributed by atoms with Crippen LogP contribution in [0.3, 0.4) is 0 Å². The summed E-state index contributed by atoms with van der Waals surface area (Å²) in [7, 11) is 0. The molecule has 4 nitrogen and oxygen atoms in total. The molecule has 0 atom stereocenters. The Morgan fingerprint density at radius 3 is 2.59 bits per heavy atom. The third-order valence-electron chi connectivity index (χ3n) is 4.68. The first-order chi connectivity index (χ1) is 13.7. The predicted octanol–water partition coefficient (Wildman–Crippen LogP) is 6.05. The summed E-state index contributed by atoms with van der Waals surface area (Å²) in [6, 6.07) is 24.2. The van der Waals surface area contributed by atoms with Gasteiger partial charge in [-0.3, -0.25) is 4.79 Å². The van der Waals surface area contributed by atoms with E-state index in [1.54, 1.807) is 11.3 Å². The van der Waals surface area contributed by atoms with Gasteiger partial charge in [0.2, 0.25) is 5.91 Å². The first-order valence-corrected chi connectivity index (χ1v) is 9.94. The zero-order valence-corrected chi connectivity index (χ0v) is 17.0. The van der Waals surface area contributed by atoms with Crippen LogP contribution >= 0.6 is 23.7 Å². The van der Waals surface area contributed by atoms with Crippen molar-refractivity contribution in [2.45, 2.75) is 6.42 Å². The number of nitrogens with zero attached hydrogens (tertiary/aromatic N) is 1. The number of anilines is 1. The molecule has 29 heavy (non-hydrogen) atoms. The smallest absolute Gasteiger partial charge is 0.229 e. The second-order valence-electron chi connectivity index (χ2n) is 6.69. The van der Waals surface area contributed by atoms with Crippen molar-refractivity contribution in [2.24, 2.45) is 0 Å². The lowest BCUT2D eigenvalue weighted by Gasteiger charge is -2.06. The molecule has 0 unspecified atom stereocenters. The molecule has 1 amide bonds. The Kier molecular flexibility index (Phi) is 5.34. The Hall–Kier alpha value is -3.15. The van der Waals surface area contributed by atoms with Gasteiger partial charge in [0.15, 0.2) is 0 Å². The van der Waals surface area contributed by atoms with Crippen molar-refractivity contribution in [3.63, 3.8) is 0 Å². The highest BCUT2D eigenvalue weighted by atomic mass is 35.5. The van der Waals surface area contributed by atoms with Gasteiger partial charge in [-0.25, -0.2) is 4.98 Å². The van der Waals surface area contributed by atoms with Crippen LogP contribution in [-0.2, 0) is 11.2 Å².